The Labute approximate surface area is 118 Å². The standard InChI is InChI=1S/C14H13NO2.Li.H/c1-15-10-2-3-13(15)9-6-11-4-7-12(8-5-11)14(16)17;;/h2-10H,1H3,(H,16,17);;/b9-6+;;. The first-order valence-corrected chi connectivity index (χ1v) is 5.29. The number of carbonyl (C=O) groups is 1. The van der Waals surface area contributed by atoms with Crippen molar-refractivity contribution in [3.8, 4) is 0 Å². The van der Waals surface area contributed by atoms with Gasteiger partial charge in [-0.1, -0.05) is 18.2 Å². The minimum atomic E-state index is -0.900. The third-order valence-electron chi connectivity index (χ3n) is 2.59. The molecule has 1 N–H and O–H groups in total. The second kappa shape index (κ2) is 6.30. The third kappa shape index (κ3) is 3.40. The van der Waals surface area contributed by atoms with Crippen LogP contribution in [0.25, 0.3) is 12.2 Å². The zero-order chi connectivity index (χ0) is 12.3. The first-order valence-electron chi connectivity index (χ1n) is 5.29. The number of carboxylic acid groups (broad SMARTS) is 1. The van der Waals surface area contributed by atoms with Crippen molar-refractivity contribution in [2.45, 2.75) is 0 Å². The minimum absolute atomic E-state index is 0. The molecule has 0 aliphatic heterocycles. The Balaban J connectivity index is 0.00000162. The summed E-state index contributed by atoms with van der Waals surface area (Å²) >= 11 is 0. The molecule has 0 fully saturated rings. The van der Waals surface area contributed by atoms with Crippen LogP contribution in [0.5, 0.6) is 0 Å². The number of rotatable bonds is 3. The first-order chi connectivity index (χ1) is 8.16. The van der Waals surface area contributed by atoms with E-state index < -0.39 is 5.97 Å². The molecule has 2 aromatic rings. The zero-order valence-electron chi connectivity index (χ0n) is 9.50. The van der Waals surface area contributed by atoms with Crippen molar-refractivity contribution in [2.75, 3.05) is 0 Å². The SMILES string of the molecule is Cn1cccc1/C=C/c1ccc(C(=O)O)cc1.[LiH]. The summed E-state index contributed by atoms with van der Waals surface area (Å²) in [6, 6.07) is 10.8. The van der Waals surface area contributed by atoms with Gasteiger partial charge in [0.2, 0.25) is 0 Å². The van der Waals surface area contributed by atoms with Crippen LogP contribution in [0.4, 0.5) is 0 Å². The predicted octanol–water partition coefficient (Wildman–Crippen LogP) is 2.25. The van der Waals surface area contributed by atoms with E-state index in [-0.39, 0.29) is 18.9 Å². The molecule has 0 amide bonds. The van der Waals surface area contributed by atoms with Crippen LogP contribution >= 0.6 is 0 Å². The average molecular weight is 235 g/mol. The van der Waals surface area contributed by atoms with Crippen molar-refractivity contribution in [2.24, 2.45) is 7.05 Å². The molecule has 0 bridgehead atoms. The third-order valence-corrected chi connectivity index (χ3v) is 2.59. The molecule has 0 saturated carbocycles. The molecule has 0 radical (unpaired) electrons. The van der Waals surface area contributed by atoms with Crippen LogP contribution in [-0.2, 0) is 7.05 Å². The van der Waals surface area contributed by atoms with Crippen molar-refractivity contribution < 1.29 is 9.90 Å². The summed E-state index contributed by atoms with van der Waals surface area (Å²) in [5.74, 6) is -0.900. The average Bonchev–Trinajstić information content (AvgIpc) is 2.73. The van der Waals surface area contributed by atoms with Gasteiger partial charge in [0.1, 0.15) is 0 Å². The summed E-state index contributed by atoms with van der Waals surface area (Å²) in [6.45, 7) is 0. The zero-order valence-corrected chi connectivity index (χ0v) is 9.50. The van der Waals surface area contributed by atoms with Crippen molar-refractivity contribution in [1.29, 1.82) is 0 Å². The van der Waals surface area contributed by atoms with Gasteiger partial charge in [0, 0.05) is 18.9 Å². The summed E-state index contributed by atoms with van der Waals surface area (Å²) in [4.78, 5) is 10.7. The van der Waals surface area contributed by atoms with Crippen molar-refractivity contribution in [3.05, 3.63) is 59.4 Å². The Kier molecular flexibility index (Phi) is 5.03. The fourth-order valence-corrected chi connectivity index (χ4v) is 1.57. The molecule has 0 aliphatic rings. The van der Waals surface area contributed by atoms with E-state index in [4.69, 9.17) is 5.11 Å². The summed E-state index contributed by atoms with van der Waals surface area (Å²) in [6.07, 6.45) is 5.93. The molecule has 3 nitrogen and oxygen atoms in total. The molecule has 1 aromatic carbocycles. The Morgan fingerprint density at radius 2 is 1.83 bits per heavy atom. The van der Waals surface area contributed by atoms with E-state index >= 15 is 0 Å². The molecule has 88 valence electrons. The van der Waals surface area contributed by atoms with E-state index in [0.29, 0.717) is 5.56 Å². The normalized spacial score (nSPS) is 10.3. The van der Waals surface area contributed by atoms with Crippen molar-refractivity contribution >= 4 is 37.0 Å². The van der Waals surface area contributed by atoms with Gasteiger partial charge in [0.05, 0.1) is 5.56 Å². The van der Waals surface area contributed by atoms with Gasteiger partial charge in [-0.2, -0.15) is 0 Å². The number of hydrogen-bond acceptors (Lipinski definition) is 1. The summed E-state index contributed by atoms with van der Waals surface area (Å²) < 4.78 is 2.02. The quantitative estimate of drug-likeness (QED) is 0.829. The van der Waals surface area contributed by atoms with Crippen LogP contribution in [0.15, 0.2) is 42.6 Å². The summed E-state index contributed by atoms with van der Waals surface area (Å²) in [7, 11) is 1.98. The number of aryl methyl sites for hydroxylation is 1. The van der Waals surface area contributed by atoms with Crippen molar-refractivity contribution in [1.82, 2.24) is 4.57 Å². The van der Waals surface area contributed by atoms with Crippen LogP contribution in [0.1, 0.15) is 21.6 Å². The number of hydrogen-bond donors (Lipinski definition) is 1. The molecule has 0 unspecified atom stereocenters. The Morgan fingerprint density at radius 3 is 2.33 bits per heavy atom. The van der Waals surface area contributed by atoms with Gasteiger partial charge >= 0.3 is 24.8 Å². The van der Waals surface area contributed by atoms with E-state index in [0.717, 1.165) is 11.3 Å². The van der Waals surface area contributed by atoms with Crippen LogP contribution < -0.4 is 0 Å². The maximum absolute atomic E-state index is 10.7. The van der Waals surface area contributed by atoms with Crippen LogP contribution in [-0.4, -0.2) is 34.5 Å². The van der Waals surface area contributed by atoms with Gasteiger partial charge in [0.25, 0.3) is 0 Å². The summed E-state index contributed by atoms with van der Waals surface area (Å²) in [5.41, 5.74) is 2.39. The second-order valence-electron chi connectivity index (χ2n) is 3.80. The van der Waals surface area contributed by atoms with Gasteiger partial charge in [-0.15, -0.1) is 0 Å². The number of carboxylic acids is 1. The predicted molar refractivity (Wildman–Crippen MR) is 74.9 cm³/mol. The van der Waals surface area contributed by atoms with E-state index in [2.05, 4.69) is 0 Å². The molecule has 1 aromatic heterocycles. The van der Waals surface area contributed by atoms with Crippen LogP contribution in [0, 0.1) is 0 Å². The number of aromatic nitrogens is 1. The Bertz CT molecular complexity index is 555. The molecule has 0 atom stereocenters. The van der Waals surface area contributed by atoms with Gasteiger partial charge in [0.15, 0.2) is 0 Å². The molecular formula is C14H14LiNO2. The fourth-order valence-electron chi connectivity index (χ4n) is 1.57. The van der Waals surface area contributed by atoms with E-state index in [1.54, 1.807) is 24.3 Å². The molecule has 2 rings (SSSR count). The Hall–Kier alpha value is -1.69. The molecular weight excluding hydrogens is 221 g/mol. The van der Waals surface area contributed by atoms with Crippen LogP contribution in [0.2, 0.25) is 0 Å². The van der Waals surface area contributed by atoms with Gasteiger partial charge in [-0.3, -0.25) is 0 Å². The topological polar surface area (TPSA) is 42.2 Å². The molecule has 0 aliphatic carbocycles. The summed E-state index contributed by atoms with van der Waals surface area (Å²) in [5, 5.41) is 8.77. The van der Waals surface area contributed by atoms with E-state index in [1.807, 2.05) is 42.1 Å². The molecule has 18 heavy (non-hydrogen) atoms. The van der Waals surface area contributed by atoms with Crippen LogP contribution in [0.3, 0.4) is 0 Å². The fraction of sp³-hybridized carbons (Fsp3) is 0.0714. The molecule has 4 heteroatoms. The Morgan fingerprint density at radius 1 is 1.17 bits per heavy atom. The molecule has 1 heterocycles. The number of nitrogens with zero attached hydrogens (tertiary/aromatic N) is 1. The van der Waals surface area contributed by atoms with Gasteiger partial charge < -0.3 is 9.67 Å². The van der Waals surface area contributed by atoms with Gasteiger partial charge in [-0.25, -0.2) is 4.79 Å². The van der Waals surface area contributed by atoms with Gasteiger partial charge in [-0.05, 0) is 35.9 Å². The molecule has 0 spiro atoms. The molecule has 0 saturated heterocycles. The second-order valence-corrected chi connectivity index (χ2v) is 3.80. The number of benzene rings is 1. The van der Waals surface area contributed by atoms with E-state index in [9.17, 15) is 4.79 Å². The van der Waals surface area contributed by atoms with E-state index in [1.165, 1.54) is 0 Å². The van der Waals surface area contributed by atoms with Crippen molar-refractivity contribution in [3.63, 3.8) is 0 Å². The number of aromatic carboxylic acids is 1. The monoisotopic (exact) mass is 235 g/mol. The first kappa shape index (κ1) is 14.4. The maximum atomic E-state index is 10.7.